The summed E-state index contributed by atoms with van der Waals surface area (Å²) in [7, 11) is 0. The summed E-state index contributed by atoms with van der Waals surface area (Å²) in [5, 5.41) is 7.00. The van der Waals surface area contributed by atoms with Gasteiger partial charge in [-0.2, -0.15) is 5.10 Å². The van der Waals surface area contributed by atoms with Gasteiger partial charge in [-0.05, 0) is 29.8 Å². The molecule has 0 unspecified atom stereocenters. The van der Waals surface area contributed by atoms with Crippen LogP contribution in [-0.2, 0) is 0 Å². The average molecular weight is 335 g/mol. The minimum atomic E-state index is 0.503. The van der Waals surface area contributed by atoms with E-state index < -0.39 is 0 Å². The zero-order valence-corrected chi connectivity index (χ0v) is 13.9. The monoisotopic (exact) mass is 335 g/mol. The number of ether oxygens (including phenoxy) is 1. The van der Waals surface area contributed by atoms with Crippen molar-refractivity contribution in [2.24, 2.45) is 5.10 Å². The second-order valence-electron chi connectivity index (χ2n) is 4.94. The summed E-state index contributed by atoms with van der Waals surface area (Å²) >= 11 is 1.53. The predicted molar refractivity (Wildman–Crippen MR) is 101 cm³/mol. The molecule has 1 heterocycles. The summed E-state index contributed by atoms with van der Waals surface area (Å²) in [4.78, 5) is 4.52. The Bertz CT molecular complexity index is 810. The van der Waals surface area contributed by atoms with Crippen molar-refractivity contribution in [2.45, 2.75) is 0 Å². The third-order valence-corrected chi connectivity index (χ3v) is 3.94. The maximum Gasteiger partial charge on any atom is 0.203 e. The zero-order chi connectivity index (χ0) is 16.6. The molecule has 0 spiro atoms. The smallest absolute Gasteiger partial charge is 0.203 e. The van der Waals surface area contributed by atoms with Gasteiger partial charge in [-0.25, -0.2) is 4.98 Å². The predicted octanol–water partition coefficient (Wildman–Crippen LogP) is 4.82. The molecule has 24 heavy (non-hydrogen) atoms. The van der Waals surface area contributed by atoms with Crippen LogP contribution in [0.15, 0.2) is 77.7 Å². The lowest BCUT2D eigenvalue weighted by atomic mass is 10.2. The summed E-state index contributed by atoms with van der Waals surface area (Å²) < 4.78 is 5.44. The summed E-state index contributed by atoms with van der Waals surface area (Å²) in [6.07, 6.45) is 3.47. The lowest BCUT2D eigenvalue weighted by molar-refractivity contribution is 0.363. The van der Waals surface area contributed by atoms with Crippen molar-refractivity contribution in [3.8, 4) is 17.0 Å². The molecule has 0 aliphatic carbocycles. The van der Waals surface area contributed by atoms with Crippen LogP contribution in [0.2, 0.25) is 0 Å². The second-order valence-corrected chi connectivity index (χ2v) is 5.80. The van der Waals surface area contributed by atoms with Crippen molar-refractivity contribution in [3.05, 3.63) is 78.2 Å². The maximum absolute atomic E-state index is 5.44. The van der Waals surface area contributed by atoms with Gasteiger partial charge in [-0.1, -0.05) is 43.0 Å². The highest BCUT2D eigenvalue weighted by atomic mass is 32.1. The van der Waals surface area contributed by atoms with Crippen LogP contribution in [0.4, 0.5) is 5.13 Å². The van der Waals surface area contributed by atoms with Gasteiger partial charge in [0, 0.05) is 10.9 Å². The molecule has 4 nitrogen and oxygen atoms in total. The quantitative estimate of drug-likeness (QED) is 0.382. The van der Waals surface area contributed by atoms with Crippen LogP contribution in [0.3, 0.4) is 0 Å². The first kappa shape index (κ1) is 16.0. The van der Waals surface area contributed by atoms with Gasteiger partial charge in [0.1, 0.15) is 12.4 Å². The Morgan fingerprint density at radius 2 is 1.92 bits per heavy atom. The van der Waals surface area contributed by atoms with E-state index in [0.717, 1.165) is 27.7 Å². The number of benzene rings is 2. The van der Waals surface area contributed by atoms with Gasteiger partial charge < -0.3 is 4.74 Å². The second kappa shape index (κ2) is 8.08. The fourth-order valence-electron chi connectivity index (χ4n) is 2.03. The SMILES string of the molecule is C=CCOc1ccc(/C=N/Nc2nc(-c3ccccc3)cs2)cc1. The molecule has 120 valence electrons. The molecule has 0 saturated carbocycles. The molecule has 0 aliphatic heterocycles. The molecule has 2 aromatic carbocycles. The van der Waals surface area contributed by atoms with E-state index in [1.807, 2.05) is 60.0 Å². The lowest BCUT2D eigenvalue weighted by Crippen LogP contribution is -1.93. The molecule has 5 heteroatoms. The van der Waals surface area contributed by atoms with E-state index in [1.165, 1.54) is 11.3 Å². The molecular formula is C19H17N3OS. The van der Waals surface area contributed by atoms with Gasteiger partial charge in [-0.15, -0.1) is 11.3 Å². The number of nitrogens with one attached hydrogen (secondary N) is 1. The highest BCUT2D eigenvalue weighted by Gasteiger charge is 2.02. The van der Waals surface area contributed by atoms with Crippen molar-refractivity contribution < 1.29 is 4.74 Å². The number of hydrogen-bond acceptors (Lipinski definition) is 5. The van der Waals surface area contributed by atoms with E-state index in [0.29, 0.717) is 6.61 Å². The van der Waals surface area contributed by atoms with Gasteiger partial charge in [0.15, 0.2) is 0 Å². The maximum atomic E-state index is 5.44. The average Bonchev–Trinajstić information content (AvgIpc) is 3.11. The van der Waals surface area contributed by atoms with Crippen molar-refractivity contribution >= 4 is 22.7 Å². The van der Waals surface area contributed by atoms with Gasteiger partial charge in [-0.3, -0.25) is 5.43 Å². The Balaban J connectivity index is 1.58. The molecular weight excluding hydrogens is 318 g/mol. The van der Waals surface area contributed by atoms with Gasteiger partial charge >= 0.3 is 0 Å². The van der Waals surface area contributed by atoms with E-state index in [2.05, 4.69) is 22.1 Å². The number of aromatic nitrogens is 1. The number of anilines is 1. The number of thiazole rings is 1. The topological polar surface area (TPSA) is 46.5 Å². The molecule has 0 atom stereocenters. The van der Waals surface area contributed by atoms with E-state index in [-0.39, 0.29) is 0 Å². The Labute approximate surface area is 145 Å². The Morgan fingerprint density at radius 1 is 1.12 bits per heavy atom. The Hall–Kier alpha value is -2.92. The fourth-order valence-corrected chi connectivity index (χ4v) is 2.70. The van der Waals surface area contributed by atoms with Crippen LogP contribution in [0.5, 0.6) is 5.75 Å². The van der Waals surface area contributed by atoms with Gasteiger partial charge in [0.05, 0.1) is 11.9 Å². The third-order valence-electron chi connectivity index (χ3n) is 3.20. The van der Waals surface area contributed by atoms with Crippen LogP contribution < -0.4 is 10.2 Å². The van der Waals surface area contributed by atoms with E-state index >= 15 is 0 Å². The van der Waals surface area contributed by atoms with E-state index in [1.54, 1.807) is 12.3 Å². The Morgan fingerprint density at radius 3 is 2.67 bits per heavy atom. The summed E-state index contributed by atoms with van der Waals surface area (Å²) in [5.74, 6) is 0.812. The summed E-state index contributed by atoms with van der Waals surface area (Å²) in [5.41, 5.74) is 5.99. The highest BCUT2D eigenvalue weighted by molar-refractivity contribution is 7.14. The minimum Gasteiger partial charge on any atom is -0.490 e. The van der Waals surface area contributed by atoms with Crippen molar-refractivity contribution in [3.63, 3.8) is 0 Å². The normalized spacial score (nSPS) is 10.7. The zero-order valence-electron chi connectivity index (χ0n) is 13.1. The molecule has 0 saturated heterocycles. The first-order chi connectivity index (χ1) is 11.8. The number of hydrogen-bond donors (Lipinski definition) is 1. The first-order valence-electron chi connectivity index (χ1n) is 7.49. The summed E-state index contributed by atoms with van der Waals surface area (Å²) in [6.45, 7) is 4.13. The van der Waals surface area contributed by atoms with Crippen molar-refractivity contribution in [1.29, 1.82) is 0 Å². The molecule has 0 aliphatic rings. The van der Waals surface area contributed by atoms with Crippen LogP contribution in [-0.4, -0.2) is 17.8 Å². The highest BCUT2D eigenvalue weighted by Crippen LogP contribution is 2.24. The van der Waals surface area contributed by atoms with Crippen molar-refractivity contribution in [1.82, 2.24) is 4.98 Å². The molecule has 0 amide bonds. The summed E-state index contributed by atoms with van der Waals surface area (Å²) in [6, 6.07) is 17.8. The number of rotatable bonds is 7. The van der Waals surface area contributed by atoms with Crippen LogP contribution in [0.25, 0.3) is 11.3 Å². The van der Waals surface area contributed by atoms with Gasteiger partial charge in [0.2, 0.25) is 5.13 Å². The van der Waals surface area contributed by atoms with Crippen LogP contribution in [0.1, 0.15) is 5.56 Å². The number of nitrogens with zero attached hydrogens (tertiary/aromatic N) is 2. The van der Waals surface area contributed by atoms with Crippen molar-refractivity contribution in [2.75, 3.05) is 12.0 Å². The number of hydrazone groups is 1. The standard InChI is InChI=1S/C19H17N3OS/c1-2-12-23-17-10-8-15(9-11-17)13-20-22-19-21-18(14-24-19)16-6-4-3-5-7-16/h2-11,13-14H,1,12H2,(H,21,22)/b20-13+. The molecule has 3 aromatic rings. The fraction of sp³-hybridized carbons (Fsp3) is 0.0526. The third kappa shape index (κ3) is 4.30. The molecule has 0 radical (unpaired) electrons. The van der Waals surface area contributed by atoms with Gasteiger partial charge in [0.25, 0.3) is 0 Å². The van der Waals surface area contributed by atoms with E-state index in [4.69, 9.17) is 4.74 Å². The van der Waals surface area contributed by atoms with E-state index in [9.17, 15) is 0 Å². The van der Waals surface area contributed by atoms with Crippen LogP contribution >= 0.6 is 11.3 Å². The molecule has 3 rings (SSSR count). The Kier molecular flexibility index (Phi) is 5.37. The molecule has 1 aromatic heterocycles. The molecule has 0 bridgehead atoms. The lowest BCUT2D eigenvalue weighted by Gasteiger charge is -2.02. The minimum absolute atomic E-state index is 0.503. The first-order valence-corrected chi connectivity index (χ1v) is 8.37. The molecule has 0 fully saturated rings. The molecule has 1 N–H and O–H groups in total. The largest absolute Gasteiger partial charge is 0.490 e. The van der Waals surface area contributed by atoms with Crippen LogP contribution in [0, 0.1) is 0 Å².